The molecule has 0 aromatic heterocycles. The highest BCUT2D eigenvalue weighted by molar-refractivity contribution is 6.74. The van der Waals surface area contributed by atoms with Crippen molar-refractivity contribution in [3.05, 3.63) is 0 Å². The van der Waals surface area contributed by atoms with Crippen LogP contribution in [0.15, 0.2) is 0 Å². The Bertz CT molecular complexity index is 458. The van der Waals surface area contributed by atoms with Crippen LogP contribution in [0.3, 0.4) is 0 Å². The molecule has 1 aliphatic carbocycles. The average molecular weight is 345 g/mol. The van der Waals surface area contributed by atoms with Gasteiger partial charge >= 0.3 is 0 Å². The molecule has 6 heteroatoms. The van der Waals surface area contributed by atoms with Crippen molar-refractivity contribution < 1.29 is 23.7 Å². The SMILES string of the molecule is CC1(C)O[C@@H]2[C@H](O1)[C@H]1[C@H](CO)[C@H]1O[C@@H]2CO[Si](C)(C)C(C)(C)C. The minimum Gasteiger partial charge on any atom is -0.414 e. The zero-order valence-corrected chi connectivity index (χ0v) is 16.5. The molecular formula is C17H32O5Si. The highest BCUT2D eigenvalue weighted by Gasteiger charge is 2.67. The summed E-state index contributed by atoms with van der Waals surface area (Å²) < 4.78 is 24.8. The molecule has 1 saturated carbocycles. The van der Waals surface area contributed by atoms with Crippen LogP contribution in [0.2, 0.25) is 18.1 Å². The summed E-state index contributed by atoms with van der Waals surface area (Å²) in [5.41, 5.74) is 0. The third-order valence-corrected chi connectivity index (χ3v) is 10.5. The Hall–Kier alpha value is 0.0169. The van der Waals surface area contributed by atoms with Crippen LogP contribution in [-0.4, -0.2) is 56.8 Å². The number of aliphatic hydroxyl groups excluding tert-OH is 1. The van der Waals surface area contributed by atoms with E-state index in [1.807, 2.05) is 13.8 Å². The monoisotopic (exact) mass is 344 g/mol. The first-order valence-electron chi connectivity index (χ1n) is 8.73. The smallest absolute Gasteiger partial charge is 0.192 e. The molecule has 134 valence electrons. The average Bonchev–Trinajstić information content (AvgIpc) is 3.01. The molecule has 2 saturated heterocycles. The number of aliphatic hydroxyl groups is 1. The fraction of sp³-hybridized carbons (Fsp3) is 1.00. The van der Waals surface area contributed by atoms with E-state index in [9.17, 15) is 5.11 Å². The van der Waals surface area contributed by atoms with Gasteiger partial charge in [0.05, 0.1) is 18.8 Å². The van der Waals surface area contributed by atoms with Gasteiger partial charge in [-0.1, -0.05) is 20.8 Å². The molecular weight excluding hydrogens is 312 g/mol. The number of hydrogen-bond donors (Lipinski definition) is 1. The molecule has 0 spiro atoms. The minimum atomic E-state index is -1.83. The van der Waals surface area contributed by atoms with Crippen LogP contribution in [0.25, 0.3) is 0 Å². The third-order valence-electron chi connectivity index (χ3n) is 6.02. The van der Waals surface area contributed by atoms with Gasteiger partial charge in [0.1, 0.15) is 12.2 Å². The number of rotatable bonds is 4. The Labute approximate surface area is 140 Å². The molecule has 3 aliphatic rings. The van der Waals surface area contributed by atoms with E-state index in [0.29, 0.717) is 6.61 Å². The normalized spacial score (nSPS) is 42.3. The van der Waals surface area contributed by atoms with Crippen LogP contribution in [0.1, 0.15) is 34.6 Å². The molecule has 0 unspecified atom stereocenters. The van der Waals surface area contributed by atoms with Gasteiger partial charge in [-0.05, 0) is 32.0 Å². The van der Waals surface area contributed by atoms with Crippen LogP contribution in [0.5, 0.6) is 0 Å². The van der Waals surface area contributed by atoms with Crippen molar-refractivity contribution in [2.75, 3.05) is 13.2 Å². The minimum absolute atomic E-state index is 0.00826. The molecule has 0 amide bonds. The first-order chi connectivity index (χ1) is 10.5. The molecule has 0 aromatic carbocycles. The van der Waals surface area contributed by atoms with E-state index in [1.165, 1.54) is 0 Å². The van der Waals surface area contributed by atoms with Crippen LogP contribution >= 0.6 is 0 Å². The third kappa shape index (κ3) is 3.14. The highest BCUT2D eigenvalue weighted by Crippen LogP contribution is 2.55. The Morgan fingerprint density at radius 1 is 1.09 bits per heavy atom. The summed E-state index contributed by atoms with van der Waals surface area (Å²) in [6.45, 7) is 15.8. The number of ether oxygens (including phenoxy) is 3. The maximum Gasteiger partial charge on any atom is 0.192 e. The van der Waals surface area contributed by atoms with Crippen molar-refractivity contribution in [1.29, 1.82) is 0 Å². The van der Waals surface area contributed by atoms with E-state index in [1.54, 1.807) is 0 Å². The molecule has 1 N–H and O–H groups in total. The van der Waals surface area contributed by atoms with Crippen LogP contribution in [-0.2, 0) is 18.6 Å². The Kier molecular flexibility index (Phi) is 4.27. The van der Waals surface area contributed by atoms with Crippen molar-refractivity contribution in [1.82, 2.24) is 0 Å². The Morgan fingerprint density at radius 2 is 1.70 bits per heavy atom. The summed E-state index contributed by atoms with van der Waals surface area (Å²) >= 11 is 0. The van der Waals surface area contributed by atoms with E-state index in [-0.39, 0.29) is 47.9 Å². The maximum absolute atomic E-state index is 9.54. The summed E-state index contributed by atoms with van der Waals surface area (Å²) in [5, 5.41) is 9.71. The van der Waals surface area contributed by atoms with Gasteiger partial charge in [0.25, 0.3) is 0 Å². The zero-order chi connectivity index (χ0) is 17.2. The molecule has 0 bridgehead atoms. The maximum atomic E-state index is 9.54. The number of fused-ring (bicyclic) bond motifs is 3. The van der Waals surface area contributed by atoms with Crippen molar-refractivity contribution in [2.24, 2.45) is 11.8 Å². The van der Waals surface area contributed by atoms with E-state index in [0.717, 1.165) is 0 Å². The van der Waals surface area contributed by atoms with Crippen molar-refractivity contribution in [3.8, 4) is 0 Å². The summed E-state index contributed by atoms with van der Waals surface area (Å²) in [4.78, 5) is 0. The second-order valence-corrected chi connectivity index (χ2v) is 14.0. The molecule has 0 radical (unpaired) electrons. The fourth-order valence-electron chi connectivity index (χ4n) is 3.54. The summed E-state index contributed by atoms with van der Waals surface area (Å²) in [6, 6.07) is 0. The lowest BCUT2D eigenvalue weighted by Crippen LogP contribution is -2.50. The molecule has 23 heavy (non-hydrogen) atoms. The molecule has 2 heterocycles. The van der Waals surface area contributed by atoms with Crippen LogP contribution < -0.4 is 0 Å². The predicted molar refractivity (Wildman–Crippen MR) is 89.7 cm³/mol. The summed E-state index contributed by atoms with van der Waals surface area (Å²) in [5.74, 6) is -0.153. The lowest BCUT2D eigenvalue weighted by atomic mass is 10.0. The van der Waals surface area contributed by atoms with Gasteiger partial charge in [0.2, 0.25) is 0 Å². The standard InChI is InChI=1S/C17H32O5Si/c1-16(2,3)23(6,7)19-9-11-14-15(22-17(4,5)21-14)12-10(8-18)13(12)20-11/h10-15,18H,8-9H2,1-7H3/t10-,11+,12-,13+,14-,15+/m0/s1. The predicted octanol–water partition coefficient (Wildman–Crippen LogP) is 2.53. The molecule has 6 atom stereocenters. The second-order valence-electron chi connectivity index (χ2n) is 9.20. The Balaban J connectivity index is 1.70. The number of hydrogen-bond acceptors (Lipinski definition) is 5. The first kappa shape index (κ1) is 17.8. The lowest BCUT2D eigenvalue weighted by Gasteiger charge is -2.39. The van der Waals surface area contributed by atoms with Gasteiger partial charge in [-0.3, -0.25) is 0 Å². The molecule has 2 aliphatic heterocycles. The van der Waals surface area contributed by atoms with E-state index >= 15 is 0 Å². The van der Waals surface area contributed by atoms with Gasteiger partial charge in [0, 0.05) is 18.4 Å². The first-order valence-corrected chi connectivity index (χ1v) is 11.6. The quantitative estimate of drug-likeness (QED) is 0.794. The van der Waals surface area contributed by atoms with Gasteiger partial charge in [-0.2, -0.15) is 0 Å². The van der Waals surface area contributed by atoms with Gasteiger partial charge in [-0.25, -0.2) is 0 Å². The zero-order valence-electron chi connectivity index (χ0n) is 15.5. The molecule has 0 aromatic rings. The molecule has 3 rings (SSSR count). The highest BCUT2D eigenvalue weighted by atomic mass is 28.4. The second kappa shape index (κ2) is 5.51. The van der Waals surface area contributed by atoms with Crippen LogP contribution in [0, 0.1) is 11.8 Å². The van der Waals surface area contributed by atoms with Crippen LogP contribution in [0.4, 0.5) is 0 Å². The topological polar surface area (TPSA) is 57.2 Å². The van der Waals surface area contributed by atoms with E-state index in [2.05, 4.69) is 33.9 Å². The largest absolute Gasteiger partial charge is 0.414 e. The summed E-state index contributed by atoms with van der Waals surface area (Å²) in [6.07, 6.45) is -0.123. The van der Waals surface area contributed by atoms with Gasteiger partial charge in [-0.15, -0.1) is 0 Å². The Morgan fingerprint density at radius 3 is 2.26 bits per heavy atom. The molecule has 5 nitrogen and oxygen atoms in total. The van der Waals surface area contributed by atoms with Crippen molar-refractivity contribution >= 4 is 8.32 Å². The fourth-order valence-corrected chi connectivity index (χ4v) is 4.55. The van der Waals surface area contributed by atoms with Gasteiger partial charge < -0.3 is 23.7 Å². The molecule has 3 fully saturated rings. The lowest BCUT2D eigenvalue weighted by molar-refractivity contribution is -0.160. The van der Waals surface area contributed by atoms with Gasteiger partial charge in [0.15, 0.2) is 14.1 Å². The van der Waals surface area contributed by atoms with Crippen molar-refractivity contribution in [2.45, 2.75) is 83.0 Å². The van der Waals surface area contributed by atoms with Crippen molar-refractivity contribution in [3.63, 3.8) is 0 Å². The summed E-state index contributed by atoms with van der Waals surface area (Å²) in [7, 11) is -1.83. The van der Waals surface area contributed by atoms with E-state index < -0.39 is 14.1 Å². The van der Waals surface area contributed by atoms with E-state index in [4.69, 9.17) is 18.6 Å².